The van der Waals surface area contributed by atoms with Crippen LogP contribution in [0.2, 0.25) is 0 Å². The standard InChI is InChI=1S/C14H16ClN3OS/c1-10(11-5-3-2-4-6-11)9-13-17-18-14(20-13)16-12(19)7-8-15/h2-6,10H,7-9H2,1H3,(H,16,18,19)/t10-/m1/s1. The summed E-state index contributed by atoms with van der Waals surface area (Å²) >= 11 is 6.92. The molecule has 0 unspecified atom stereocenters. The highest BCUT2D eigenvalue weighted by atomic mass is 35.5. The largest absolute Gasteiger partial charge is 0.300 e. The number of hydrogen-bond donors (Lipinski definition) is 1. The third kappa shape index (κ3) is 4.28. The zero-order valence-electron chi connectivity index (χ0n) is 11.2. The van der Waals surface area contributed by atoms with Gasteiger partial charge >= 0.3 is 0 Å². The molecule has 2 aromatic rings. The molecule has 2 rings (SSSR count). The van der Waals surface area contributed by atoms with E-state index < -0.39 is 0 Å². The van der Waals surface area contributed by atoms with Crippen LogP contribution in [0.5, 0.6) is 0 Å². The molecule has 1 heterocycles. The minimum Gasteiger partial charge on any atom is -0.300 e. The summed E-state index contributed by atoms with van der Waals surface area (Å²) in [5.74, 6) is 0.553. The summed E-state index contributed by atoms with van der Waals surface area (Å²) in [7, 11) is 0. The number of nitrogens with zero attached hydrogens (tertiary/aromatic N) is 2. The number of aromatic nitrogens is 2. The number of alkyl halides is 1. The van der Waals surface area contributed by atoms with Crippen molar-refractivity contribution in [1.82, 2.24) is 10.2 Å². The predicted octanol–water partition coefficient (Wildman–Crippen LogP) is 3.45. The van der Waals surface area contributed by atoms with Crippen molar-refractivity contribution in [3.8, 4) is 0 Å². The number of amides is 1. The summed E-state index contributed by atoms with van der Waals surface area (Å²) in [5.41, 5.74) is 1.27. The monoisotopic (exact) mass is 309 g/mol. The molecule has 0 aliphatic rings. The lowest BCUT2D eigenvalue weighted by Crippen LogP contribution is -2.11. The van der Waals surface area contributed by atoms with Crippen molar-refractivity contribution in [1.29, 1.82) is 0 Å². The molecule has 0 bridgehead atoms. The van der Waals surface area contributed by atoms with Crippen molar-refractivity contribution in [2.24, 2.45) is 0 Å². The number of benzene rings is 1. The quantitative estimate of drug-likeness (QED) is 0.831. The molecule has 4 nitrogen and oxygen atoms in total. The van der Waals surface area contributed by atoms with E-state index >= 15 is 0 Å². The van der Waals surface area contributed by atoms with Crippen LogP contribution in [0.4, 0.5) is 5.13 Å². The van der Waals surface area contributed by atoms with Crippen molar-refractivity contribution in [3.05, 3.63) is 40.9 Å². The Hall–Kier alpha value is -1.46. The van der Waals surface area contributed by atoms with Crippen LogP contribution in [-0.4, -0.2) is 22.0 Å². The van der Waals surface area contributed by atoms with E-state index in [4.69, 9.17) is 11.6 Å². The van der Waals surface area contributed by atoms with Crippen LogP contribution in [0.1, 0.15) is 29.8 Å². The van der Waals surface area contributed by atoms with Crippen LogP contribution in [0.3, 0.4) is 0 Å². The van der Waals surface area contributed by atoms with Gasteiger partial charge < -0.3 is 5.32 Å². The highest BCUT2D eigenvalue weighted by molar-refractivity contribution is 7.15. The third-order valence-corrected chi connectivity index (χ3v) is 3.93. The molecule has 1 amide bonds. The SMILES string of the molecule is C[C@H](Cc1nnc(NC(=O)CCCl)s1)c1ccccc1. The van der Waals surface area contributed by atoms with Crippen molar-refractivity contribution in [2.45, 2.75) is 25.7 Å². The van der Waals surface area contributed by atoms with Gasteiger partial charge in [0.2, 0.25) is 11.0 Å². The molecule has 1 atom stereocenters. The van der Waals surface area contributed by atoms with Crippen LogP contribution in [0.25, 0.3) is 0 Å². The molecule has 1 aromatic carbocycles. The average molecular weight is 310 g/mol. The van der Waals surface area contributed by atoms with Gasteiger partial charge in [0.25, 0.3) is 0 Å². The number of nitrogens with one attached hydrogen (secondary N) is 1. The number of rotatable bonds is 6. The number of carbonyl (C=O) groups is 1. The third-order valence-electron chi connectivity index (χ3n) is 2.88. The van der Waals surface area contributed by atoms with E-state index in [1.807, 2.05) is 18.2 Å². The maximum atomic E-state index is 11.4. The lowest BCUT2D eigenvalue weighted by molar-refractivity contribution is -0.115. The van der Waals surface area contributed by atoms with E-state index in [9.17, 15) is 4.79 Å². The zero-order valence-corrected chi connectivity index (χ0v) is 12.7. The number of anilines is 1. The van der Waals surface area contributed by atoms with E-state index in [-0.39, 0.29) is 12.3 Å². The van der Waals surface area contributed by atoms with Gasteiger partial charge in [0.1, 0.15) is 5.01 Å². The highest BCUT2D eigenvalue weighted by Crippen LogP contribution is 2.24. The smallest absolute Gasteiger partial charge is 0.227 e. The molecule has 1 aromatic heterocycles. The Morgan fingerprint density at radius 2 is 2.10 bits per heavy atom. The number of hydrogen-bond acceptors (Lipinski definition) is 4. The maximum Gasteiger partial charge on any atom is 0.227 e. The molecule has 0 saturated heterocycles. The van der Waals surface area contributed by atoms with Gasteiger partial charge in [-0.25, -0.2) is 0 Å². The molecule has 0 radical (unpaired) electrons. The van der Waals surface area contributed by atoms with Gasteiger partial charge in [0.05, 0.1) is 0 Å². The normalized spacial score (nSPS) is 12.1. The second-order valence-corrected chi connectivity index (χ2v) is 5.94. The van der Waals surface area contributed by atoms with Crippen molar-refractivity contribution >= 4 is 34.0 Å². The Morgan fingerprint density at radius 3 is 2.80 bits per heavy atom. The Kier molecular flexibility index (Phi) is 5.49. The average Bonchev–Trinajstić information content (AvgIpc) is 2.87. The molecule has 106 valence electrons. The Bertz CT molecular complexity index is 559. The van der Waals surface area contributed by atoms with Gasteiger partial charge in [-0.2, -0.15) is 0 Å². The van der Waals surface area contributed by atoms with Crippen molar-refractivity contribution in [2.75, 3.05) is 11.2 Å². The molecular formula is C14H16ClN3OS. The first-order chi connectivity index (χ1) is 9.69. The summed E-state index contributed by atoms with van der Waals surface area (Å²) in [6.07, 6.45) is 1.10. The molecule has 0 spiro atoms. The van der Waals surface area contributed by atoms with Crippen LogP contribution in [-0.2, 0) is 11.2 Å². The molecular weight excluding hydrogens is 294 g/mol. The molecule has 0 fully saturated rings. The second kappa shape index (κ2) is 7.36. The Balaban J connectivity index is 1.94. The summed E-state index contributed by atoms with van der Waals surface area (Å²) in [4.78, 5) is 11.4. The van der Waals surface area contributed by atoms with E-state index in [1.165, 1.54) is 16.9 Å². The predicted molar refractivity (Wildman–Crippen MR) is 82.4 cm³/mol. The fourth-order valence-electron chi connectivity index (χ4n) is 1.82. The maximum absolute atomic E-state index is 11.4. The summed E-state index contributed by atoms with van der Waals surface area (Å²) in [5, 5.41) is 12.2. The van der Waals surface area contributed by atoms with E-state index in [2.05, 4.69) is 34.6 Å². The van der Waals surface area contributed by atoms with E-state index in [0.717, 1.165) is 11.4 Å². The van der Waals surface area contributed by atoms with E-state index in [0.29, 0.717) is 16.9 Å². The molecule has 20 heavy (non-hydrogen) atoms. The van der Waals surface area contributed by atoms with Crippen LogP contribution >= 0.6 is 22.9 Å². The Labute approximate surface area is 127 Å². The number of halogens is 1. The van der Waals surface area contributed by atoms with Gasteiger partial charge in [0, 0.05) is 18.7 Å². The van der Waals surface area contributed by atoms with Gasteiger partial charge in [-0.3, -0.25) is 4.79 Å². The summed E-state index contributed by atoms with van der Waals surface area (Å²) in [6.45, 7) is 2.16. The first-order valence-electron chi connectivity index (χ1n) is 6.42. The Morgan fingerprint density at radius 1 is 1.35 bits per heavy atom. The topological polar surface area (TPSA) is 54.9 Å². The fourth-order valence-corrected chi connectivity index (χ4v) is 2.87. The van der Waals surface area contributed by atoms with Crippen molar-refractivity contribution < 1.29 is 4.79 Å². The van der Waals surface area contributed by atoms with Crippen LogP contribution < -0.4 is 5.32 Å². The lowest BCUT2D eigenvalue weighted by Gasteiger charge is -2.08. The highest BCUT2D eigenvalue weighted by Gasteiger charge is 2.12. The number of carbonyl (C=O) groups excluding carboxylic acids is 1. The van der Waals surface area contributed by atoms with Gasteiger partial charge in [-0.15, -0.1) is 21.8 Å². The summed E-state index contributed by atoms with van der Waals surface area (Å²) in [6, 6.07) is 10.3. The molecule has 1 N–H and O–H groups in total. The summed E-state index contributed by atoms with van der Waals surface area (Å²) < 4.78 is 0. The fraction of sp³-hybridized carbons (Fsp3) is 0.357. The zero-order chi connectivity index (χ0) is 14.4. The first kappa shape index (κ1) is 14.9. The molecule has 0 aliphatic heterocycles. The van der Waals surface area contributed by atoms with Gasteiger partial charge in [-0.05, 0) is 11.5 Å². The molecule has 6 heteroatoms. The first-order valence-corrected chi connectivity index (χ1v) is 7.77. The van der Waals surface area contributed by atoms with Crippen LogP contribution in [0.15, 0.2) is 30.3 Å². The van der Waals surface area contributed by atoms with Gasteiger partial charge in [-0.1, -0.05) is 48.6 Å². The van der Waals surface area contributed by atoms with Crippen LogP contribution in [0, 0.1) is 0 Å². The second-order valence-electron chi connectivity index (χ2n) is 4.50. The van der Waals surface area contributed by atoms with E-state index in [1.54, 1.807) is 0 Å². The molecule has 0 saturated carbocycles. The lowest BCUT2D eigenvalue weighted by atomic mass is 9.98. The molecule has 0 aliphatic carbocycles. The minimum atomic E-state index is -0.126. The van der Waals surface area contributed by atoms with Gasteiger partial charge in [0.15, 0.2) is 0 Å². The minimum absolute atomic E-state index is 0.126. The van der Waals surface area contributed by atoms with Crippen molar-refractivity contribution in [3.63, 3.8) is 0 Å².